The Labute approximate surface area is 102 Å². The molecule has 0 spiro atoms. The van der Waals surface area contributed by atoms with E-state index in [1.54, 1.807) is 7.11 Å². The van der Waals surface area contributed by atoms with Crippen molar-refractivity contribution in [2.24, 2.45) is 5.73 Å². The van der Waals surface area contributed by atoms with Crippen molar-refractivity contribution in [1.82, 2.24) is 5.32 Å². The topological polar surface area (TPSA) is 47.3 Å². The zero-order valence-electron chi connectivity index (χ0n) is 10.2. The quantitative estimate of drug-likeness (QED) is 0.828. The third kappa shape index (κ3) is 2.12. The SMILES string of the molecule is CNC1C=CC=CC1(N)c1ccc(OC)cc1. The number of nitrogens with one attached hydrogen (secondary N) is 1. The zero-order chi connectivity index (χ0) is 12.3. The second kappa shape index (κ2) is 4.73. The second-order valence-electron chi connectivity index (χ2n) is 4.17. The predicted octanol–water partition coefficient (Wildman–Crippen LogP) is 1.56. The molecule has 0 saturated carbocycles. The number of allylic oxidation sites excluding steroid dienone is 2. The van der Waals surface area contributed by atoms with Gasteiger partial charge in [-0.15, -0.1) is 0 Å². The van der Waals surface area contributed by atoms with Gasteiger partial charge in [-0.05, 0) is 24.7 Å². The monoisotopic (exact) mass is 230 g/mol. The summed E-state index contributed by atoms with van der Waals surface area (Å²) < 4.78 is 5.15. The van der Waals surface area contributed by atoms with Gasteiger partial charge in [0.1, 0.15) is 5.75 Å². The van der Waals surface area contributed by atoms with E-state index in [4.69, 9.17) is 10.5 Å². The zero-order valence-corrected chi connectivity index (χ0v) is 10.2. The van der Waals surface area contributed by atoms with Crippen LogP contribution < -0.4 is 15.8 Å². The summed E-state index contributed by atoms with van der Waals surface area (Å²) in [6, 6.07) is 7.98. The first kappa shape index (κ1) is 11.9. The molecule has 3 nitrogen and oxygen atoms in total. The molecular weight excluding hydrogens is 212 g/mol. The average Bonchev–Trinajstić information content (AvgIpc) is 2.39. The van der Waals surface area contributed by atoms with Gasteiger partial charge in [0, 0.05) is 0 Å². The van der Waals surface area contributed by atoms with Gasteiger partial charge in [0.25, 0.3) is 0 Å². The Kier molecular flexibility index (Phi) is 3.31. The van der Waals surface area contributed by atoms with E-state index in [1.807, 2.05) is 49.5 Å². The highest BCUT2D eigenvalue weighted by atomic mass is 16.5. The molecule has 17 heavy (non-hydrogen) atoms. The molecule has 0 heterocycles. The predicted molar refractivity (Wildman–Crippen MR) is 70.0 cm³/mol. The number of likely N-dealkylation sites (N-methyl/N-ethyl adjacent to an activating group) is 1. The van der Waals surface area contributed by atoms with E-state index in [0.717, 1.165) is 11.3 Å². The normalized spacial score (nSPS) is 27.1. The molecule has 3 heteroatoms. The molecule has 2 unspecified atom stereocenters. The molecule has 1 aromatic carbocycles. The fourth-order valence-corrected chi connectivity index (χ4v) is 2.14. The van der Waals surface area contributed by atoms with Crippen LogP contribution in [-0.2, 0) is 5.54 Å². The van der Waals surface area contributed by atoms with Gasteiger partial charge in [0.2, 0.25) is 0 Å². The third-order valence-corrected chi connectivity index (χ3v) is 3.20. The number of ether oxygens (including phenoxy) is 1. The van der Waals surface area contributed by atoms with E-state index >= 15 is 0 Å². The molecule has 0 aromatic heterocycles. The lowest BCUT2D eigenvalue weighted by atomic mass is 9.81. The van der Waals surface area contributed by atoms with Gasteiger partial charge >= 0.3 is 0 Å². The van der Waals surface area contributed by atoms with E-state index in [-0.39, 0.29) is 6.04 Å². The first-order valence-electron chi connectivity index (χ1n) is 5.67. The van der Waals surface area contributed by atoms with E-state index in [9.17, 15) is 0 Å². The minimum absolute atomic E-state index is 0.0981. The van der Waals surface area contributed by atoms with Crippen molar-refractivity contribution in [2.45, 2.75) is 11.6 Å². The van der Waals surface area contributed by atoms with Crippen LogP contribution in [0.3, 0.4) is 0 Å². The van der Waals surface area contributed by atoms with Crippen LogP contribution in [0, 0.1) is 0 Å². The van der Waals surface area contributed by atoms with Crippen LogP contribution in [0.2, 0.25) is 0 Å². The van der Waals surface area contributed by atoms with Crippen molar-refractivity contribution in [2.75, 3.05) is 14.2 Å². The highest BCUT2D eigenvalue weighted by molar-refractivity contribution is 5.40. The highest BCUT2D eigenvalue weighted by Crippen LogP contribution is 2.28. The molecule has 1 aliphatic rings. The molecule has 1 aliphatic carbocycles. The van der Waals surface area contributed by atoms with Gasteiger partial charge in [-0.3, -0.25) is 0 Å². The van der Waals surface area contributed by atoms with Crippen molar-refractivity contribution in [3.05, 3.63) is 54.1 Å². The lowest BCUT2D eigenvalue weighted by Gasteiger charge is -2.35. The number of methoxy groups -OCH3 is 1. The molecule has 90 valence electrons. The lowest BCUT2D eigenvalue weighted by molar-refractivity contribution is 0.411. The summed E-state index contributed by atoms with van der Waals surface area (Å²) in [5, 5.41) is 3.23. The Morgan fingerprint density at radius 2 is 1.94 bits per heavy atom. The van der Waals surface area contributed by atoms with Crippen molar-refractivity contribution in [1.29, 1.82) is 0 Å². The Bertz CT molecular complexity index is 436. The molecule has 0 aliphatic heterocycles. The Morgan fingerprint density at radius 3 is 2.53 bits per heavy atom. The number of benzene rings is 1. The van der Waals surface area contributed by atoms with Crippen molar-refractivity contribution < 1.29 is 4.74 Å². The molecule has 3 N–H and O–H groups in total. The first-order valence-corrected chi connectivity index (χ1v) is 5.67. The fraction of sp³-hybridized carbons (Fsp3) is 0.286. The van der Waals surface area contributed by atoms with Crippen LogP contribution in [-0.4, -0.2) is 20.2 Å². The molecule has 0 radical (unpaired) electrons. The molecule has 0 saturated heterocycles. The van der Waals surface area contributed by atoms with Crippen molar-refractivity contribution >= 4 is 0 Å². The summed E-state index contributed by atoms with van der Waals surface area (Å²) in [7, 11) is 3.58. The van der Waals surface area contributed by atoms with Gasteiger partial charge in [-0.1, -0.05) is 36.4 Å². The van der Waals surface area contributed by atoms with Gasteiger partial charge in [-0.2, -0.15) is 0 Å². The fourth-order valence-electron chi connectivity index (χ4n) is 2.14. The maximum absolute atomic E-state index is 6.49. The molecule has 1 aromatic rings. The summed E-state index contributed by atoms with van der Waals surface area (Å²) >= 11 is 0. The summed E-state index contributed by atoms with van der Waals surface area (Å²) in [6.45, 7) is 0. The van der Waals surface area contributed by atoms with E-state index in [0.29, 0.717) is 0 Å². The Morgan fingerprint density at radius 1 is 1.24 bits per heavy atom. The van der Waals surface area contributed by atoms with Crippen LogP contribution >= 0.6 is 0 Å². The maximum Gasteiger partial charge on any atom is 0.118 e. The minimum atomic E-state index is -0.504. The van der Waals surface area contributed by atoms with Crippen molar-refractivity contribution in [3.8, 4) is 5.75 Å². The van der Waals surface area contributed by atoms with Crippen LogP contribution in [0.5, 0.6) is 5.75 Å². The van der Waals surface area contributed by atoms with Crippen LogP contribution in [0.4, 0.5) is 0 Å². The smallest absolute Gasteiger partial charge is 0.118 e. The summed E-state index contributed by atoms with van der Waals surface area (Å²) in [5.41, 5.74) is 7.05. The van der Waals surface area contributed by atoms with Crippen LogP contribution in [0.1, 0.15) is 5.56 Å². The number of nitrogens with two attached hydrogens (primary N) is 1. The highest BCUT2D eigenvalue weighted by Gasteiger charge is 2.32. The Balaban J connectivity index is 2.35. The molecule has 0 fully saturated rings. The third-order valence-electron chi connectivity index (χ3n) is 3.20. The number of rotatable bonds is 3. The molecule has 2 atom stereocenters. The molecular formula is C14H18N2O. The van der Waals surface area contributed by atoms with Gasteiger partial charge in [0.15, 0.2) is 0 Å². The lowest BCUT2D eigenvalue weighted by Crippen LogP contribution is -2.52. The van der Waals surface area contributed by atoms with Crippen LogP contribution in [0.25, 0.3) is 0 Å². The van der Waals surface area contributed by atoms with Crippen LogP contribution in [0.15, 0.2) is 48.6 Å². The van der Waals surface area contributed by atoms with Crippen molar-refractivity contribution in [3.63, 3.8) is 0 Å². The average molecular weight is 230 g/mol. The summed E-state index contributed by atoms with van der Waals surface area (Å²) in [4.78, 5) is 0. The summed E-state index contributed by atoms with van der Waals surface area (Å²) in [6.07, 6.45) is 8.09. The molecule has 0 bridgehead atoms. The van der Waals surface area contributed by atoms with E-state index in [2.05, 4.69) is 11.4 Å². The van der Waals surface area contributed by atoms with E-state index < -0.39 is 5.54 Å². The maximum atomic E-state index is 6.49. The number of hydrogen-bond acceptors (Lipinski definition) is 3. The van der Waals surface area contributed by atoms with Gasteiger partial charge < -0.3 is 15.8 Å². The van der Waals surface area contributed by atoms with Gasteiger partial charge in [-0.25, -0.2) is 0 Å². The standard InChI is InChI=1S/C14H18N2O/c1-16-13-5-3-4-10-14(13,15)11-6-8-12(17-2)9-7-11/h3-10,13,16H,15H2,1-2H3. The van der Waals surface area contributed by atoms with E-state index in [1.165, 1.54) is 0 Å². The summed E-state index contributed by atoms with van der Waals surface area (Å²) in [5.74, 6) is 0.841. The minimum Gasteiger partial charge on any atom is -0.497 e. The second-order valence-corrected chi connectivity index (χ2v) is 4.17. The molecule has 2 rings (SSSR count). The molecule has 0 amide bonds. The number of hydrogen-bond donors (Lipinski definition) is 2. The first-order chi connectivity index (χ1) is 8.20. The Hall–Kier alpha value is -1.58. The van der Waals surface area contributed by atoms with Gasteiger partial charge in [0.05, 0.1) is 18.7 Å². The largest absolute Gasteiger partial charge is 0.497 e.